The van der Waals surface area contributed by atoms with E-state index in [9.17, 15) is 19.2 Å². The van der Waals surface area contributed by atoms with E-state index < -0.39 is 11.9 Å². The minimum atomic E-state index is -0.603. The van der Waals surface area contributed by atoms with Crippen LogP contribution >= 0.6 is 11.3 Å². The normalized spacial score (nSPS) is 20.8. The Kier molecular flexibility index (Phi) is 5.14. The number of aryl methyl sites for hydroxylation is 1. The van der Waals surface area contributed by atoms with E-state index >= 15 is 0 Å². The van der Waals surface area contributed by atoms with Gasteiger partial charge in [-0.2, -0.15) is 0 Å². The Balaban J connectivity index is 1.44. The Morgan fingerprint density at radius 2 is 2.03 bits per heavy atom. The Morgan fingerprint density at radius 1 is 1.21 bits per heavy atom. The molecule has 9 heteroatoms. The number of primary amides is 1. The van der Waals surface area contributed by atoms with Gasteiger partial charge in [0.15, 0.2) is 5.78 Å². The first-order valence-electron chi connectivity index (χ1n) is 9.37. The molecular weight excluding hydrogens is 392 g/mol. The van der Waals surface area contributed by atoms with Crippen molar-refractivity contribution in [2.75, 3.05) is 13.1 Å². The average molecular weight is 412 g/mol. The van der Waals surface area contributed by atoms with Crippen LogP contribution in [0.2, 0.25) is 0 Å². The number of hydrogen-bond donors (Lipinski definition) is 1. The quantitative estimate of drug-likeness (QED) is 0.783. The van der Waals surface area contributed by atoms with E-state index in [4.69, 9.17) is 5.73 Å². The maximum atomic E-state index is 12.8. The van der Waals surface area contributed by atoms with Crippen molar-refractivity contribution < 1.29 is 19.2 Å². The van der Waals surface area contributed by atoms with Crippen molar-refractivity contribution in [2.45, 2.75) is 31.3 Å². The van der Waals surface area contributed by atoms with Gasteiger partial charge in [-0.25, -0.2) is 0 Å². The van der Waals surface area contributed by atoms with Gasteiger partial charge in [-0.3, -0.25) is 24.2 Å². The molecule has 0 bridgehead atoms. The number of fused-ring (bicyclic) bond motifs is 1. The van der Waals surface area contributed by atoms with Crippen molar-refractivity contribution >= 4 is 34.8 Å². The van der Waals surface area contributed by atoms with Gasteiger partial charge in [-0.1, -0.05) is 6.07 Å². The number of nitrogens with two attached hydrogens (primary N) is 1. The fourth-order valence-electron chi connectivity index (χ4n) is 4.13. The molecule has 2 fully saturated rings. The summed E-state index contributed by atoms with van der Waals surface area (Å²) >= 11 is 1.39. The van der Waals surface area contributed by atoms with Gasteiger partial charge >= 0.3 is 0 Å². The van der Waals surface area contributed by atoms with Crippen LogP contribution in [0.15, 0.2) is 35.8 Å². The minimum Gasteiger partial charge on any atom is -0.366 e. The molecular formula is C20H20N4O4S. The molecule has 0 radical (unpaired) electrons. The van der Waals surface area contributed by atoms with E-state index in [0.717, 1.165) is 4.88 Å². The summed E-state index contributed by atoms with van der Waals surface area (Å²) in [7, 11) is 0. The molecule has 0 aliphatic carbocycles. The van der Waals surface area contributed by atoms with Crippen LogP contribution in [-0.2, 0) is 16.0 Å². The van der Waals surface area contributed by atoms with E-state index in [1.54, 1.807) is 34.5 Å². The third-order valence-electron chi connectivity index (χ3n) is 5.46. The van der Waals surface area contributed by atoms with Crippen molar-refractivity contribution in [3.63, 3.8) is 0 Å². The second-order valence-electron chi connectivity index (χ2n) is 7.12. The summed E-state index contributed by atoms with van der Waals surface area (Å²) in [6.45, 7) is 0.421. The molecule has 2 aromatic heterocycles. The number of rotatable bonds is 5. The lowest BCUT2D eigenvalue weighted by Gasteiger charge is -2.24. The minimum absolute atomic E-state index is 0.00866. The highest BCUT2D eigenvalue weighted by molar-refractivity contribution is 7.10. The number of likely N-dealkylation sites (tertiary alicyclic amines) is 2. The van der Waals surface area contributed by atoms with E-state index in [2.05, 4.69) is 4.98 Å². The van der Waals surface area contributed by atoms with Gasteiger partial charge in [-0.05, 0) is 36.4 Å². The SMILES string of the molecule is NC(=O)c1ccsc1CCC(=O)N1CCC2C1C(=O)CN2C(=O)c1ccccn1. The molecule has 2 N–H and O–H groups in total. The molecule has 4 rings (SSSR count). The van der Waals surface area contributed by atoms with Crippen molar-refractivity contribution in [3.05, 3.63) is 52.0 Å². The molecule has 2 aromatic rings. The fraction of sp³-hybridized carbons (Fsp3) is 0.350. The molecule has 4 heterocycles. The van der Waals surface area contributed by atoms with Crippen LogP contribution < -0.4 is 5.73 Å². The van der Waals surface area contributed by atoms with Gasteiger partial charge < -0.3 is 15.5 Å². The van der Waals surface area contributed by atoms with Gasteiger partial charge in [0.25, 0.3) is 5.91 Å². The Bertz CT molecular complexity index is 974. The highest BCUT2D eigenvalue weighted by Crippen LogP contribution is 2.31. The third kappa shape index (κ3) is 3.53. The number of ketones is 1. The standard InChI is InChI=1S/C20H20N4O4S/c21-19(27)12-7-10-29-16(12)4-5-17(26)23-9-6-14-18(23)15(25)11-24(14)20(28)13-3-1-2-8-22-13/h1-3,7-8,10,14,18H,4-6,9,11H2,(H2,21,27). The lowest BCUT2D eigenvalue weighted by Crippen LogP contribution is -2.43. The number of nitrogens with zero attached hydrogens (tertiary/aromatic N) is 3. The van der Waals surface area contributed by atoms with E-state index in [-0.39, 0.29) is 36.6 Å². The Hall–Kier alpha value is -3.07. The second-order valence-corrected chi connectivity index (χ2v) is 8.12. The average Bonchev–Trinajstić information content (AvgIpc) is 3.43. The molecule has 2 atom stereocenters. The van der Waals surface area contributed by atoms with Crippen LogP contribution in [0.5, 0.6) is 0 Å². The van der Waals surface area contributed by atoms with Gasteiger partial charge in [0.1, 0.15) is 11.7 Å². The van der Waals surface area contributed by atoms with Gasteiger partial charge in [0, 0.05) is 24.0 Å². The Labute approximate surface area is 171 Å². The number of aromatic nitrogens is 1. The Morgan fingerprint density at radius 3 is 2.76 bits per heavy atom. The summed E-state index contributed by atoms with van der Waals surface area (Å²) in [5.74, 6) is -1.07. The number of thiophene rings is 1. The summed E-state index contributed by atoms with van der Waals surface area (Å²) in [4.78, 5) is 57.6. The number of carbonyl (C=O) groups excluding carboxylic acids is 4. The van der Waals surface area contributed by atoms with Gasteiger partial charge in [-0.15, -0.1) is 11.3 Å². The molecule has 3 amide bonds. The lowest BCUT2D eigenvalue weighted by molar-refractivity contribution is -0.136. The molecule has 0 saturated carbocycles. The number of Topliss-reactive ketones (excluding diaryl/α,β-unsaturated/α-hetero) is 1. The van der Waals surface area contributed by atoms with Crippen LogP contribution in [0.3, 0.4) is 0 Å². The maximum absolute atomic E-state index is 12.8. The summed E-state index contributed by atoms with van der Waals surface area (Å²) in [5, 5.41) is 1.77. The first kappa shape index (κ1) is 19.3. The summed E-state index contributed by atoms with van der Waals surface area (Å²) < 4.78 is 0. The van der Waals surface area contributed by atoms with Crippen molar-refractivity contribution in [1.82, 2.24) is 14.8 Å². The van der Waals surface area contributed by atoms with Crippen molar-refractivity contribution in [2.24, 2.45) is 5.73 Å². The number of amides is 3. The zero-order chi connectivity index (χ0) is 20.5. The smallest absolute Gasteiger partial charge is 0.273 e. The summed E-state index contributed by atoms with van der Waals surface area (Å²) in [6, 6.07) is 5.81. The van der Waals surface area contributed by atoms with E-state index in [0.29, 0.717) is 30.6 Å². The summed E-state index contributed by atoms with van der Waals surface area (Å²) in [5.41, 5.74) is 6.08. The predicted octanol–water partition coefficient (Wildman–Crippen LogP) is 0.869. The maximum Gasteiger partial charge on any atom is 0.273 e. The molecule has 2 unspecified atom stereocenters. The number of carbonyl (C=O) groups is 4. The lowest BCUT2D eigenvalue weighted by atomic mass is 10.1. The molecule has 8 nitrogen and oxygen atoms in total. The fourth-order valence-corrected chi connectivity index (χ4v) is 5.01. The first-order valence-corrected chi connectivity index (χ1v) is 10.3. The molecule has 150 valence electrons. The van der Waals surface area contributed by atoms with Crippen LogP contribution in [-0.4, -0.2) is 63.5 Å². The summed E-state index contributed by atoms with van der Waals surface area (Å²) in [6.07, 6.45) is 2.68. The van der Waals surface area contributed by atoms with E-state index in [1.807, 2.05) is 0 Å². The van der Waals surface area contributed by atoms with E-state index in [1.165, 1.54) is 22.4 Å². The first-order chi connectivity index (χ1) is 14.0. The van der Waals surface area contributed by atoms with Gasteiger partial charge in [0.05, 0.1) is 18.2 Å². The highest BCUT2D eigenvalue weighted by Gasteiger charge is 2.51. The molecule has 2 aliphatic heterocycles. The van der Waals surface area contributed by atoms with Crippen molar-refractivity contribution in [1.29, 1.82) is 0 Å². The molecule has 2 saturated heterocycles. The zero-order valence-corrected chi connectivity index (χ0v) is 16.4. The molecule has 2 aliphatic rings. The molecule has 0 aromatic carbocycles. The van der Waals surface area contributed by atoms with Crippen LogP contribution in [0.25, 0.3) is 0 Å². The highest BCUT2D eigenvalue weighted by atomic mass is 32.1. The van der Waals surface area contributed by atoms with Crippen LogP contribution in [0, 0.1) is 0 Å². The molecule has 0 spiro atoms. The zero-order valence-electron chi connectivity index (χ0n) is 15.6. The second kappa shape index (κ2) is 7.75. The molecule has 29 heavy (non-hydrogen) atoms. The largest absolute Gasteiger partial charge is 0.366 e. The monoisotopic (exact) mass is 412 g/mol. The van der Waals surface area contributed by atoms with Crippen molar-refractivity contribution in [3.8, 4) is 0 Å². The van der Waals surface area contributed by atoms with Crippen LogP contribution in [0.1, 0.15) is 38.6 Å². The van der Waals surface area contributed by atoms with Crippen LogP contribution in [0.4, 0.5) is 0 Å². The number of hydrogen-bond acceptors (Lipinski definition) is 6. The predicted molar refractivity (Wildman–Crippen MR) is 105 cm³/mol. The van der Waals surface area contributed by atoms with Gasteiger partial charge in [0.2, 0.25) is 11.8 Å². The number of pyridine rings is 1. The third-order valence-corrected chi connectivity index (χ3v) is 6.45. The topological polar surface area (TPSA) is 114 Å².